The maximum absolute atomic E-state index is 11.1. The van der Waals surface area contributed by atoms with Gasteiger partial charge in [-0.25, -0.2) is 0 Å². The molecule has 1 amide bonds. The van der Waals surface area contributed by atoms with Gasteiger partial charge in [-0.1, -0.05) is 31.5 Å². The van der Waals surface area contributed by atoms with Crippen LogP contribution in [0.4, 0.5) is 0 Å². The first-order chi connectivity index (χ1) is 5.61. The summed E-state index contributed by atoms with van der Waals surface area (Å²) in [7, 11) is 0. The molecule has 0 aromatic rings. The molecule has 1 rings (SSSR count). The van der Waals surface area contributed by atoms with Crippen LogP contribution in [0.5, 0.6) is 0 Å². The van der Waals surface area contributed by atoms with Crippen LogP contribution in [0, 0.1) is 5.92 Å². The van der Waals surface area contributed by atoms with E-state index < -0.39 is 0 Å². The number of carbonyl (C=O) groups is 1. The second-order valence-electron chi connectivity index (χ2n) is 3.39. The minimum atomic E-state index is -0.226. The molecule has 12 heavy (non-hydrogen) atoms. The van der Waals surface area contributed by atoms with Crippen LogP contribution in [0.25, 0.3) is 0 Å². The van der Waals surface area contributed by atoms with Crippen molar-refractivity contribution in [3.8, 4) is 0 Å². The molecular weight excluding hydrogens is 174 g/mol. The highest BCUT2D eigenvalue weighted by atomic mass is 35.5. The minimum absolute atomic E-state index is 0.0779. The quantitative estimate of drug-likeness (QED) is 0.659. The first-order valence-corrected chi connectivity index (χ1v) is 4.64. The summed E-state index contributed by atoms with van der Waals surface area (Å²) < 4.78 is 0. The standard InChI is InChI=1S/C9H14ClNO/c1-6-4-3-5-8(6)11-9(12)7(2)10/h6,8H,2-5H2,1H3,(H,11,12). The van der Waals surface area contributed by atoms with Crippen molar-refractivity contribution in [1.29, 1.82) is 0 Å². The van der Waals surface area contributed by atoms with E-state index in [9.17, 15) is 4.79 Å². The number of halogens is 1. The largest absolute Gasteiger partial charge is 0.348 e. The normalized spacial score (nSPS) is 28.5. The summed E-state index contributed by atoms with van der Waals surface area (Å²) >= 11 is 5.45. The molecule has 0 spiro atoms. The Hall–Kier alpha value is -0.500. The van der Waals surface area contributed by atoms with Gasteiger partial charge in [0.05, 0.1) is 5.03 Å². The Morgan fingerprint density at radius 1 is 1.58 bits per heavy atom. The number of amides is 1. The highest BCUT2D eigenvalue weighted by Crippen LogP contribution is 2.24. The average Bonchev–Trinajstić information content (AvgIpc) is 2.36. The lowest BCUT2D eigenvalue weighted by molar-refractivity contribution is -0.117. The SMILES string of the molecule is C=C(Cl)C(=O)NC1CCCC1C. The summed E-state index contributed by atoms with van der Waals surface area (Å²) in [5, 5.41) is 2.94. The topological polar surface area (TPSA) is 29.1 Å². The van der Waals surface area contributed by atoms with Gasteiger partial charge in [0.15, 0.2) is 0 Å². The zero-order valence-corrected chi connectivity index (χ0v) is 8.03. The van der Waals surface area contributed by atoms with Gasteiger partial charge < -0.3 is 5.32 Å². The average molecular weight is 188 g/mol. The molecule has 1 fully saturated rings. The van der Waals surface area contributed by atoms with E-state index in [-0.39, 0.29) is 10.9 Å². The lowest BCUT2D eigenvalue weighted by atomic mass is 10.1. The zero-order valence-electron chi connectivity index (χ0n) is 7.27. The lowest BCUT2D eigenvalue weighted by Crippen LogP contribution is -2.36. The fraction of sp³-hybridized carbons (Fsp3) is 0.667. The van der Waals surface area contributed by atoms with E-state index in [1.165, 1.54) is 12.8 Å². The second kappa shape index (κ2) is 3.94. The monoisotopic (exact) mass is 187 g/mol. The first kappa shape index (κ1) is 9.59. The van der Waals surface area contributed by atoms with E-state index in [0.717, 1.165) is 6.42 Å². The predicted molar refractivity (Wildman–Crippen MR) is 49.9 cm³/mol. The van der Waals surface area contributed by atoms with E-state index in [1.807, 2.05) is 0 Å². The maximum atomic E-state index is 11.1. The molecule has 68 valence electrons. The third-order valence-corrected chi connectivity index (χ3v) is 2.60. The van der Waals surface area contributed by atoms with E-state index >= 15 is 0 Å². The van der Waals surface area contributed by atoms with Gasteiger partial charge >= 0.3 is 0 Å². The molecule has 0 bridgehead atoms. The van der Waals surface area contributed by atoms with Crippen LogP contribution in [-0.2, 0) is 4.79 Å². The number of hydrogen-bond acceptors (Lipinski definition) is 1. The van der Waals surface area contributed by atoms with Gasteiger partial charge in [-0.05, 0) is 18.8 Å². The molecule has 0 saturated heterocycles. The molecule has 2 nitrogen and oxygen atoms in total. The van der Waals surface area contributed by atoms with Crippen LogP contribution >= 0.6 is 11.6 Å². The second-order valence-corrected chi connectivity index (χ2v) is 3.85. The Kier molecular flexibility index (Phi) is 3.15. The number of rotatable bonds is 2. The van der Waals surface area contributed by atoms with E-state index in [2.05, 4.69) is 18.8 Å². The predicted octanol–water partition coefficient (Wildman–Crippen LogP) is 2.04. The Labute approximate surface area is 78.0 Å². The van der Waals surface area contributed by atoms with Crippen molar-refractivity contribution in [3.63, 3.8) is 0 Å². The maximum Gasteiger partial charge on any atom is 0.262 e. The number of nitrogens with one attached hydrogen (secondary N) is 1. The molecule has 1 aliphatic carbocycles. The molecule has 1 saturated carbocycles. The van der Waals surface area contributed by atoms with Crippen LogP contribution in [0.15, 0.2) is 11.6 Å². The van der Waals surface area contributed by atoms with Crippen molar-refractivity contribution in [2.75, 3.05) is 0 Å². The van der Waals surface area contributed by atoms with Crippen LogP contribution in [-0.4, -0.2) is 11.9 Å². The zero-order chi connectivity index (χ0) is 9.14. The van der Waals surface area contributed by atoms with E-state index in [1.54, 1.807) is 0 Å². The molecule has 0 aliphatic heterocycles. The molecule has 1 aliphatic rings. The molecule has 0 aromatic carbocycles. The Balaban J connectivity index is 2.40. The van der Waals surface area contributed by atoms with Gasteiger partial charge in [-0.2, -0.15) is 0 Å². The fourth-order valence-electron chi connectivity index (χ4n) is 1.61. The summed E-state index contributed by atoms with van der Waals surface area (Å²) in [6.07, 6.45) is 3.46. The van der Waals surface area contributed by atoms with Crippen molar-refractivity contribution in [3.05, 3.63) is 11.6 Å². The van der Waals surface area contributed by atoms with Gasteiger partial charge in [0.2, 0.25) is 0 Å². The van der Waals surface area contributed by atoms with Crippen molar-refractivity contribution in [2.45, 2.75) is 32.2 Å². The van der Waals surface area contributed by atoms with Crippen LogP contribution in [0.1, 0.15) is 26.2 Å². The van der Waals surface area contributed by atoms with E-state index in [4.69, 9.17) is 11.6 Å². The van der Waals surface area contributed by atoms with Crippen LogP contribution < -0.4 is 5.32 Å². The summed E-state index contributed by atoms with van der Waals surface area (Å²) in [5.41, 5.74) is 0. The Morgan fingerprint density at radius 3 is 2.67 bits per heavy atom. The minimum Gasteiger partial charge on any atom is -0.348 e. The third kappa shape index (κ3) is 2.24. The molecule has 0 radical (unpaired) electrons. The Bertz CT molecular complexity index is 203. The summed E-state index contributed by atoms with van der Waals surface area (Å²) in [5.74, 6) is 0.348. The molecule has 2 atom stereocenters. The van der Waals surface area contributed by atoms with Gasteiger partial charge in [-0.15, -0.1) is 0 Å². The molecular formula is C9H14ClNO. The number of hydrogen-bond donors (Lipinski definition) is 1. The highest BCUT2D eigenvalue weighted by Gasteiger charge is 2.24. The van der Waals surface area contributed by atoms with Crippen molar-refractivity contribution in [1.82, 2.24) is 5.32 Å². The van der Waals surface area contributed by atoms with Crippen molar-refractivity contribution < 1.29 is 4.79 Å². The van der Waals surface area contributed by atoms with Crippen LogP contribution in [0.2, 0.25) is 0 Å². The summed E-state index contributed by atoms with van der Waals surface area (Å²) in [6.45, 7) is 5.52. The number of carbonyl (C=O) groups excluding carboxylic acids is 1. The Morgan fingerprint density at radius 2 is 2.25 bits per heavy atom. The van der Waals surface area contributed by atoms with Gasteiger partial charge in [0.1, 0.15) is 0 Å². The smallest absolute Gasteiger partial charge is 0.262 e. The van der Waals surface area contributed by atoms with Crippen molar-refractivity contribution >= 4 is 17.5 Å². The van der Waals surface area contributed by atoms with Gasteiger partial charge in [0, 0.05) is 6.04 Å². The van der Waals surface area contributed by atoms with Gasteiger partial charge in [-0.3, -0.25) is 4.79 Å². The third-order valence-electron chi connectivity index (χ3n) is 2.42. The summed E-state index contributed by atoms with van der Waals surface area (Å²) in [4.78, 5) is 11.1. The first-order valence-electron chi connectivity index (χ1n) is 4.26. The molecule has 0 heterocycles. The molecule has 3 heteroatoms. The summed E-state index contributed by atoms with van der Waals surface area (Å²) in [6, 6.07) is 0.299. The van der Waals surface area contributed by atoms with Crippen LogP contribution in [0.3, 0.4) is 0 Å². The molecule has 1 N–H and O–H groups in total. The van der Waals surface area contributed by atoms with E-state index in [0.29, 0.717) is 12.0 Å². The lowest BCUT2D eigenvalue weighted by Gasteiger charge is -2.16. The highest BCUT2D eigenvalue weighted by molar-refractivity contribution is 6.41. The van der Waals surface area contributed by atoms with Crippen molar-refractivity contribution in [2.24, 2.45) is 5.92 Å². The molecule has 2 unspecified atom stereocenters. The van der Waals surface area contributed by atoms with Gasteiger partial charge in [0.25, 0.3) is 5.91 Å². The fourth-order valence-corrected chi connectivity index (χ4v) is 1.66. The molecule has 0 aromatic heterocycles.